The summed E-state index contributed by atoms with van der Waals surface area (Å²) in [6.07, 6.45) is 7.91. The average molecular weight is 451 g/mol. The standard InChI is InChI=1S/C25H30N4O2S/c30-32(31,19-21-5-2-1-3-6-21)29-13-10-20(11-14-29)18-28-12-4-7-23-15-22(8-9-25(23)28)24-16-26-27-17-24/h1-3,5-6,8-9,15-17,20H,4,7,10-14,18-19H2,(H,26,27). The maximum Gasteiger partial charge on any atom is 0.218 e. The number of sulfonamides is 1. The van der Waals surface area contributed by atoms with Gasteiger partial charge >= 0.3 is 0 Å². The van der Waals surface area contributed by atoms with Crippen molar-refractivity contribution in [3.05, 3.63) is 72.1 Å². The Balaban J connectivity index is 1.21. The Hall–Kier alpha value is -2.64. The highest BCUT2D eigenvalue weighted by Gasteiger charge is 2.30. The van der Waals surface area contributed by atoms with Gasteiger partial charge in [-0.15, -0.1) is 0 Å². The van der Waals surface area contributed by atoms with Gasteiger partial charge in [0.2, 0.25) is 10.0 Å². The SMILES string of the molecule is O=S(=O)(Cc1ccccc1)N1CCC(CN2CCCc3cc(-c4cn[nH]c4)ccc32)CC1. The summed E-state index contributed by atoms with van der Waals surface area (Å²) < 4.78 is 27.4. The van der Waals surface area contributed by atoms with Crippen LogP contribution in [0.1, 0.15) is 30.4 Å². The number of aromatic amines is 1. The fraction of sp³-hybridized carbons (Fsp3) is 0.400. The van der Waals surface area contributed by atoms with E-state index in [4.69, 9.17) is 0 Å². The molecule has 3 aromatic rings. The summed E-state index contributed by atoms with van der Waals surface area (Å²) in [7, 11) is -3.26. The third kappa shape index (κ3) is 4.59. The summed E-state index contributed by atoms with van der Waals surface area (Å²) in [6, 6.07) is 16.2. The number of H-pyrrole nitrogens is 1. The maximum absolute atomic E-state index is 12.9. The molecule has 6 nitrogen and oxygen atoms in total. The van der Waals surface area contributed by atoms with Crippen LogP contribution in [0.4, 0.5) is 5.69 Å². The third-order valence-corrected chi connectivity index (χ3v) is 8.61. The van der Waals surface area contributed by atoms with Crippen molar-refractivity contribution in [1.29, 1.82) is 0 Å². The van der Waals surface area contributed by atoms with Crippen LogP contribution in [-0.2, 0) is 22.2 Å². The number of aryl methyl sites for hydroxylation is 1. The number of aromatic nitrogens is 2. The lowest BCUT2D eigenvalue weighted by Crippen LogP contribution is -2.42. The van der Waals surface area contributed by atoms with Crippen molar-refractivity contribution in [3.8, 4) is 11.1 Å². The molecule has 1 N–H and O–H groups in total. The van der Waals surface area contributed by atoms with E-state index in [2.05, 4.69) is 33.3 Å². The second kappa shape index (κ2) is 9.08. The van der Waals surface area contributed by atoms with E-state index in [1.54, 1.807) is 4.31 Å². The number of nitrogens with one attached hydrogen (secondary N) is 1. The van der Waals surface area contributed by atoms with Crippen molar-refractivity contribution >= 4 is 15.7 Å². The molecule has 7 heteroatoms. The van der Waals surface area contributed by atoms with Crippen LogP contribution < -0.4 is 4.90 Å². The van der Waals surface area contributed by atoms with Gasteiger partial charge < -0.3 is 4.90 Å². The van der Waals surface area contributed by atoms with Crippen LogP contribution in [0.15, 0.2) is 60.9 Å². The molecule has 0 unspecified atom stereocenters. The second-order valence-electron chi connectivity index (χ2n) is 8.96. The predicted octanol–water partition coefficient (Wildman–Crippen LogP) is 4.07. The van der Waals surface area contributed by atoms with E-state index in [1.807, 2.05) is 42.7 Å². The predicted molar refractivity (Wildman–Crippen MR) is 128 cm³/mol. The molecule has 1 aromatic heterocycles. The first-order valence-electron chi connectivity index (χ1n) is 11.5. The highest BCUT2D eigenvalue weighted by Crippen LogP contribution is 2.33. The molecule has 3 heterocycles. The van der Waals surface area contributed by atoms with E-state index in [0.717, 1.165) is 49.9 Å². The topological polar surface area (TPSA) is 69.3 Å². The van der Waals surface area contributed by atoms with Crippen molar-refractivity contribution in [1.82, 2.24) is 14.5 Å². The number of hydrogen-bond acceptors (Lipinski definition) is 4. The van der Waals surface area contributed by atoms with Crippen LogP contribution in [-0.4, -0.2) is 49.1 Å². The molecule has 2 aliphatic rings. The average Bonchev–Trinajstić information content (AvgIpc) is 3.35. The fourth-order valence-corrected chi connectivity index (χ4v) is 6.57. The molecular formula is C25H30N4O2S. The van der Waals surface area contributed by atoms with Crippen molar-refractivity contribution in [2.45, 2.75) is 31.4 Å². The largest absolute Gasteiger partial charge is 0.371 e. The van der Waals surface area contributed by atoms with E-state index >= 15 is 0 Å². The zero-order valence-corrected chi connectivity index (χ0v) is 19.1. The van der Waals surface area contributed by atoms with Crippen molar-refractivity contribution in [2.24, 2.45) is 5.92 Å². The van der Waals surface area contributed by atoms with Gasteiger partial charge in [0.25, 0.3) is 0 Å². The first-order chi connectivity index (χ1) is 15.6. The number of fused-ring (bicyclic) bond motifs is 1. The van der Waals surface area contributed by atoms with E-state index in [1.165, 1.54) is 16.8 Å². The molecule has 32 heavy (non-hydrogen) atoms. The van der Waals surface area contributed by atoms with E-state index in [0.29, 0.717) is 19.0 Å². The van der Waals surface area contributed by atoms with E-state index in [-0.39, 0.29) is 5.75 Å². The maximum atomic E-state index is 12.9. The number of piperidine rings is 1. The molecule has 0 amide bonds. The Morgan fingerprint density at radius 3 is 2.56 bits per heavy atom. The Kier molecular flexibility index (Phi) is 6.02. The van der Waals surface area contributed by atoms with Gasteiger partial charge in [-0.1, -0.05) is 36.4 Å². The summed E-state index contributed by atoms with van der Waals surface area (Å²) in [6.45, 7) is 3.33. The summed E-state index contributed by atoms with van der Waals surface area (Å²) >= 11 is 0. The summed E-state index contributed by atoms with van der Waals surface area (Å²) in [5.74, 6) is 0.620. The zero-order chi connectivity index (χ0) is 22.0. The smallest absolute Gasteiger partial charge is 0.218 e. The minimum atomic E-state index is -3.26. The molecule has 0 radical (unpaired) electrons. The Morgan fingerprint density at radius 1 is 1.00 bits per heavy atom. The number of nitrogens with zero attached hydrogens (tertiary/aromatic N) is 3. The number of hydrogen-bond donors (Lipinski definition) is 1. The second-order valence-corrected chi connectivity index (χ2v) is 10.9. The van der Waals surface area contributed by atoms with Crippen molar-refractivity contribution in [2.75, 3.05) is 31.1 Å². The zero-order valence-electron chi connectivity index (χ0n) is 18.3. The lowest BCUT2D eigenvalue weighted by atomic mass is 9.93. The van der Waals surface area contributed by atoms with Gasteiger partial charge in [-0.2, -0.15) is 5.10 Å². The molecule has 0 spiro atoms. The molecule has 0 aliphatic carbocycles. The van der Waals surface area contributed by atoms with Crippen LogP contribution in [0.25, 0.3) is 11.1 Å². The van der Waals surface area contributed by atoms with Crippen molar-refractivity contribution < 1.29 is 8.42 Å². The Morgan fingerprint density at radius 2 is 1.81 bits per heavy atom. The Bertz CT molecular complexity index is 1140. The fourth-order valence-electron chi connectivity index (χ4n) is 5.01. The summed E-state index contributed by atoms with van der Waals surface area (Å²) in [4.78, 5) is 2.51. The van der Waals surface area contributed by atoms with Crippen LogP contribution in [0.3, 0.4) is 0 Å². The van der Waals surface area contributed by atoms with Gasteiger partial charge in [0, 0.05) is 43.6 Å². The summed E-state index contributed by atoms with van der Waals surface area (Å²) in [5.41, 5.74) is 5.92. The molecule has 5 rings (SSSR count). The first kappa shape index (κ1) is 21.2. The van der Waals surface area contributed by atoms with Crippen molar-refractivity contribution in [3.63, 3.8) is 0 Å². The quantitative estimate of drug-likeness (QED) is 0.615. The van der Waals surface area contributed by atoms with Crippen LogP contribution >= 0.6 is 0 Å². The van der Waals surface area contributed by atoms with Crippen LogP contribution in [0.5, 0.6) is 0 Å². The van der Waals surface area contributed by atoms with Crippen LogP contribution in [0, 0.1) is 5.92 Å². The van der Waals surface area contributed by atoms with Gasteiger partial charge in [-0.05, 0) is 60.4 Å². The van der Waals surface area contributed by atoms with E-state index in [9.17, 15) is 8.42 Å². The molecule has 1 fully saturated rings. The minimum absolute atomic E-state index is 0.0942. The van der Waals surface area contributed by atoms with Gasteiger partial charge in [-0.3, -0.25) is 5.10 Å². The number of anilines is 1. The van der Waals surface area contributed by atoms with Gasteiger partial charge in [0.05, 0.1) is 11.9 Å². The van der Waals surface area contributed by atoms with Gasteiger partial charge in [-0.25, -0.2) is 12.7 Å². The molecule has 0 bridgehead atoms. The normalized spacial score (nSPS) is 17.9. The van der Waals surface area contributed by atoms with Crippen LogP contribution in [0.2, 0.25) is 0 Å². The molecule has 2 aromatic carbocycles. The monoisotopic (exact) mass is 450 g/mol. The molecule has 0 saturated carbocycles. The molecule has 0 atom stereocenters. The lowest BCUT2D eigenvalue weighted by molar-refractivity contribution is 0.274. The first-order valence-corrected chi connectivity index (χ1v) is 13.1. The lowest BCUT2D eigenvalue weighted by Gasteiger charge is -2.37. The summed E-state index contributed by atoms with van der Waals surface area (Å²) in [5, 5.41) is 6.96. The third-order valence-electron chi connectivity index (χ3n) is 6.76. The highest BCUT2D eigenvalue weighted by molar-refractivity contribution is 7.88. The molecule has 168 valence electrons. The van der Waals surface area contributed by atoms with Gasteiger partial charge in [0.15, 0.2) is 0 Å². The van der Waals surface area contributed by atoms with Gasteiger partial charge in [0.1, 0.15) is 0 Å². The van der Waals surface area contributed by atoms with E-state index < -0.39 is 10.0 Å². The molecule has 1 saturated heterocycles. The molecule has 2 aliphatic heterocycles. The molecular weight excluding hydrogens is 420 g/mol. The Labute approximate surface area is 190 Å². The highest BCUT2D eigenvalue weighted by atomic mass is 32.2. The number of benzene rings is 2. The minimum Gasteiger partial charge on any atom is -0.371 e. The number of rotatable bonds is 6.